The fraction of sp³-hybridized carbons (Fsp3) is 0.357. The third-order valence-electron chi connectivity index (χ3n) is 3.66. The van der Waals surface area contributed by atoms with Crippen LogP contribution in [-0.2, 0) is 16.0 Å². The van der Waals surface area contributed by atoms with E-state index in [9.17, 15) is 14.0 Å². The van der Waals surface area contributed by atoms with Gasteiger partial charge in [0.05, 0.1) is 12.1 Å². The Kier molecular flexibility index (Phi) is 3.32. The average Bonchev–Trinajstić information content (AvgIpc) is 3.03. The van der Waals surface area contributed by atoms with Crippen LogP contribution in [0.25, 0.3) is 5.65 Å². The lowest BCUT2D eigenvalue weighted by atomic mass is 10.2. The number of imidazole rings is 1. The third-order valence-corrected chi connectivity index (χ3v) is 3.66. The Morgan fingerprint density at radius 2 is 2.19 bits per heavy atom. The summed E-state index contributed by atoms with van der Waals surface area (Å²) in [7, 11) is 0. The maximum absolute atomic E-state index is 13.1. The van der Waals surface area contributed by atoms with E-state index in [1.807, 2.05) is 0 Å². The summed E-state index contributed by atoms with van der Waals surface area (Å²) in [6.07, 6.45) is 4.07. The topological polar surface area (TPSA) is 74.9 Å². The van der Waals surface area contributed by atoms with Crippen LogP contribution in [0.1, 0.15) is 18.5 Å². The lowest BCUT2D eigenvalue weighted by Crippen LogP contribution is -2.41. The fourth-order valence-electron chi connectivity index (χ4n) is 2.68. The number of fused-ring (bicyclic) bond motifs is 1. The van der Waals surface area contributed by atoms with Gasteiger partial charge in [0, 0.05) is 18.9 Å². The summed E-state index contributed by atoms with van der Waals surface area (Å²) in [4.78, 5) is 28.9. The molecule has 0 saturated carbocycles. The highest BCUT2D eigenvalue weighted by molar-refractivity contribution is 5.85. The molecular weight excluding hydrogens is 277 g/mol. The van der Waals surface area contributed by atoms with E-state index in [-0.39, 0.29) is 18.1 Å². The van der Waals surface area contributed by atoms with Gasteiger partial charge in [-0.1, -0.05) is 0 Å². The maximum atomic E-state index is 13.1. The van der Waals surface area contributed by atoms with Crippen molar-refractivity contribution in [1.29, 1.82) is 0 Å². The van der Waals surface area contributed by atoms with Gasteiger partial charge >= 0.3 is 5.97 Å². The van der Waals surface area contributed by atoms with Crippen molar-refractivity contribution in [3.63, 3.8) is 0 Å². The summed E-state index contributed by atoms with van der Waals surface area (Å²) < 4.78 is 14.6. The van der Waals surface area contributed by atoms with Crippen LogP contribution in [0.5, 0.6) is 0 Å². The van der Waals surface area contributed by atoms with Crippen molar-refractivity contribution in [3.05, 3.63) is 36.0 Å². The molecule has 0 aliphatic carbocycles. The van der Waals surface area contributed by atoms with Crippen molar-refractivity contribution in [3.8, 4) is 0 Å². The highest BCUT2D eigenvalue weighted by Gasteiger charge is 2.33. The Labute approximate surface area is 119 Å². The highest BCUT2D eigenvalue weighted by atomic mass is 19.1. The number of carboxylic acid groups (broad SMARTS) is 1. The second-order valence-corrected chi connectivity index (χ2v) is 5.11. The first kappa shape index (κ1) is 13.5. The van der Waals surface area contributed by atoms with Crippen LogP contribution in [0.2, 0.25) is 0 Å². The Balaban J connectivity index is 1.78. The Hall–Kier alpha value is -2.44. The summed E-state index contributed by atoms with van der Waals surface area (Å²) in [6.45, 7) is 0.456. The average molecular weight is 291 g/mol. The minimum Gasteiger partial charge on any atom is -0.480 e. The van der Waals surface area contributed by atoms with Gasteiger partial charge in [-0.15, -0.1) is 0 Å². The fourth-order valence-corrected chi connectivity index (χ4v) is 2.68. The molecule has 7 heteroatoms. The van der Waals surface area contributed by atoms with Crippen LogP contribution >= 0.6 is 0 Å². The van der Waals surface area contributed by atoms with Crippen molar-refractivity contribution in [2.75, 3.05) is 6.54 Å². The maximum Gasteiger partial charge on any atom is 0.326 e. The third kappa shape index (κ3) is 2.58. The van der Waals surface area contributed by atoms with Gasteiger partial charge in [0.1, 0.15) is 17.5 Å². The minimum absolute atomic E-state index is 0.0209. The van der Waals surface area contributed by atoms with E-state index < -0.39 is 12.0 Å². The number of hydrogen-bond donors (Lipinski definition) is 1. The van der Waals surface area contributed by atoms with E-state index in [2.05, 4.69) is 4.98 Å². The van der Waals surface area contributed by atoms with Crippen LogP contribution in [0, 0.1) is 5.82 Å². The predicted octanol–water partition coefficient (Wildman–Crippen LogP) is 1.09. The summed E-state index contributed by atoms with van der Waals surface area (Å²) in [5, 5.41) is 9.09. The number of hydrogen-bond acceptors (Lipinski definition) is 3. The standard InChI is InChI=1S/C14H14FN3O3/c15-9-3-4-12-16-10(8-17(12)7-9)6-13(19)18-5-1-2-11(18)14(20)21/h3-4,7-8,11H,1-2,5-6H2,(H,20,21). The number of likely N-dealkylation sites (tertiary alicyclic amines) is 1. The molecule has 0 bridgehead atoms. The molecule has 1 N–H and O–H groups in total. The van der Waals surface area contributed by atoms with Crippen molar-refractivity contribution in [2.24, 2.45) is 0 Å². The van der Waals surface area contributed by atoms with Gasteiger partial charge in [0.2, 0.25) is 5.91 Å². The molecule has 1 saturated heterocycles. The molecule has 1 atom stereocenters. The molecule has 1 unspecified atom stereocenters. The molecule has 110 valence electrons. The zero-order valence-electron chi connectivity index (χ0n) is 11.2. The van der Waals surface area contributed by atoms with Crippen molar-refractivity contribution >= 4 is 17.5 Å². The molecular formula is C14H14FN3O3. The lowest BCUT2D eigenvalue weighted by molar-refractivity contribution is -0.148. The summed E-state index contributed by atoms with van der Waals surface area (Å²) in [6, 6.07) is 2.08. The SMILES string of the molecule is O=C(O)C1CCCN1C(=O)Cc1cn2cc(F)ccc2n1. The molecule has 1 fully saturated rings. The monoisotopic (exact) mass is 291 g/mol. The Morgan fingerprint density at radius 3 is 2.95 bits per heavy atom. The van der Waals surface area contributed by atoms with E-state index in [1.54, 1.807) is 6.20 Å². The van der Waals surface area contributed by atoms with Gasteiger partial charge < -0.3 is 14.4 Å². The highest BCUT2D eigenvalue weighted by Crippen LogP contribution is 2.19. The normalized spacial score (nSPS) is 18.3. The molecule has 0 aromatic carbocycles. The summed E-state index contributed by atoms with van der Waals surface area (Å²) >= 11 is 0. The lowest BCUT2D eigenvalue weighted by Gasteiger charge is -2.20. The molecule has 2 aromatic heterocycles. The number of nitrogens with zero attached hydrogens (tertiary/aromatic N) is 3. The van der Waals surface area contributed by atoms with Crippen LogP contribution in [0.3, 0.4) is 0 Å². The number of carboxylic acids is 1. The van der Waals surface area contributed by atoms with Gasteiger partial charge in [-0.3, -0.25) is 4.79 Å². The van der Waals surface area contributed by atoms with Gasteiger partial charge in [0.15, 0.2) is 0 Å². The van der Waals surface area contributed by atoms with Crippen LogP contribution in [0.4, 0.5) is 4.39 Å². The van der Waals surface area contributed by atoms with Gasteiger partial charge in [-0.05, 0) is 25.0 Å². The predicted molar refractivity (Wildman–Crippen MR) is 71.2 cm³/mol. The van der Waals surface area contributed by atoms with Crippen molar-refractivity contribution in [2.45, 2.75) is 25.3 Å². The van der Waals surface area contributed by atoms with E-state index >= 15 is 0 Å². The number of pyridine rings is 1. The smallest absolute Gasteiger partial charge is 0.326 e. The van der Waals surface area contributed by atoms with E-state index in [0.29, 0.717) is 30.7 Å². The Bertz CT molecular complexity index is 713. The first-order valence-electron chi connectivity index (χ1n) is 6.70. The zero-order chi connectivity index (χ0) is 15.0. The molecule has 2 aromatic rings. The number of carbonyl (C=O) groups excluding carboxylic acids is 1. The van der Waals surface area contributed by atoms with Crippen LogP contribution in [0.15, 0.2) is 24.5 Å². The number of aliphatic carboxylic acids is 1. The number of carbonyl (C=O) groups is 2. The van der Waals surface area contributed by atoms with Gasteiger partial charge in [0.25, 0.3) is 0 Å². The van der Waals surface area contributed by atoms with Crippen LogP contribution in [-0.4, -0.2) is 43.9 Å². The van der Waals surface area contributed by atoms with Crippen LogP contribution < -0.4 is 0 Å². The quantitative estimate of drug-likeness (QED) is 0.918. The van der Waals surface area contributed by atoms with E-state index in [1.165, 1.54) is 27.6 Å². The molecule has 1 amide bonds. The first-order chi connectivity index (χ1) is 10.0. The van der Waals surface area contributed by atoms with Gasteiger partial charge in [-0.2, -0.15) is 0 Å². The molecule has 0 radical (unpaired) electrons. The number of amides is 1. The largest absolute Gasteiger partial charge is 0.480 e. The zero-order valence-corrected chi connectivity index (χ0v) is 11.2. The molecule has 1 aliphatic rings. The number of aromatic nitrogens is 2. The summed E-state index contributed by atoms with van der Waals surface area (Å²) in [5.41, 5.74) is 1.05. The second kappa shape index (κ2) is 5.16. The first-order valence-corrected chi connectivity index (χ1v) is 6.70. The van der Waals surface area contributed by atoms with Crippen molar-refractivity contribution < 1.29 is 19.1 Å². The van der Waals surface area contributed by atoms with E-state index in [4.69, 9.17) is 5.11 Å². The molecule has 3 heterocycles. The molecule has 1 aliphatic heterocycles. The summed E-state index contributed by atoms with van der Waals surface area (Å²) in [5.74, 6) is -1.62. The molecule has 3 rings (SSSR count). The molecule has 6 nitrogen and oxygen atoms in total. The van der Waals surface area contributed by atoms with Gasteiger partial charge in [-0.25, -0.2) is 14.2 Å². The number of rotatable bonds is 3. The molecule has 0 spiro atoms. The van der Waals surface area contributed by atoms with Crippen molar-refractivity contribution in [1.82, 2.24) is 14.3 Å². The minimum atomic E-state index is -0.974. The number of halogens is 1. The van der Waals surface area contributed by atoms with E-state index in [0.717, 1.165) is 0 Å². The Morgan fingerprint density at radius 1 is 1.38 bits per heavy atom. The second-order valence-electron chi connectivity index (χ2n) is 5.11. The molecule has 21 heavy (non-hydrogen) atoms.